The quantitative estimate of drug-likeness (QED) is 0.432. The van der Waals surface area contributed by atoms with E-state index in [4.69, 9.17) is 14.7 Å². The van der Waals surface area contributed by atoms with Crippen molar-refractivity contribution in [3.05, 3.63) is 0 Å². The summed E-state index contributed by atoms with van der Waals surface area (Å²) in [5, 5.41) is 0. The summed E-state index contributed by atoms with van der Waals surface area (Å²) < 4.78 is 0. The molecule has 0 radical (unpaired) electrons. The molecule has 5 heavy (non-hydrogen) atoms. The lowest BCUT2D eigenvalue weighted by Gasteiger charge is -1.76. The van der Waals surface area contributed by atoms with Crippen LogP contribution < -0.4 is 0 Å². The van der Waals surface area contributed by atoms with Crippen molar-refractivity contribution in [2.45, 2.75) is 0 Å². The minimum atomic E-state index is -2.62. The molecule has 0 aliphatic carbocycles. The molecule has 3 nitrogen and oxygen atoms in total. The largest absolute Gasteiger partial charge is 0.328 e. The van der Waals surface area contributed by atoms with Gasteiger partial charge in [0.2, 0.25) is 0 Å². The van der Waals surface area contributed by atoms with Crippen molar-refractivity contribution in [3.8, 4) is 0 Å². The summed E-state index contributed by atoms with van der Waals surface area (Å²) in [6.45, 7) is 0. The molecule has 0 amide bonds. The fourth-order valence-electron chi connectivity index (χ4n) is 0. The molecular formula is H4BrO3P. The van der Waals surface area contributed by atoms with E-state index < -0.39 is 8.60 Å². The molecule has 0 unspecified atom stereocenters. The Morgan fingerprint density at radius 2 is 1.00 bits per heavy atom. The van der Waals surface area contributed by atoms with Gasteiger partial charge in [-0.15, -0.1) is 17.0 Å². The van der Waals surface area contributed by atoms with E-state index in [2.05, 4.69) is 0 Å². The molecule has 0 saturated carbocycles. The molecule has 0 heterocycles. The van der Waals surface area contributed by atoms with Gasteiger partial charge in [-0.3, -0.25) is 0 Å². The summed E-state index contributed by atoms with van der Waals surface area (Å²) in [7, 11) is -2.62. The van der Waals surface area contributed by atoms with Crippen LogP contribution in [0.15, 0.2) is 0 Å². The lowest BCUT2D eigenvalue weighted by atomic mass is 15.8. The van der Waals surface area contributed by atoms with Crippen molar-refractivity contribution in [1.29, 1.82) is 0 Å². The van der Waals surface area contributed by atoms with Crippen LogP contribution in [0.5, 0.6) is 0 Å². The van der Waals surface area contributed by atoms with E-state index in [1.807, 2.05) is 0 Å². The number of rotatable bonds is 0. The summed E-state index contributed by atoms with van der Waals surface area (Å²) in [5.41, 5.74) is 0. The third-order valence-corrected chi connectivity index (χ3v) is 0. The Balaban J connectivity index is 0. The standard InChI is InChI=1S/BrH.H3O3P/c;1-4(2)3/h1H;1-3H. The fraction of sp³-hybridized carbons (Fsp3) is 0. The minimum Gasteiger partial charge on any atom is -0.328 e. The predicted octanol–water partition coefficient (Wildman–Crippen LogP) is -0.232. The zero-order valence-electron chi connectivity index (χ0n) is 2.20. The van der Waals surface area contributed by atoms with Crippen molar-refractivity contribution in [2.24, 2.45) is 0 Å². The zero-order valence-corrected chi connectivity index (χ0v) is 4.80. The van der Waals surface area contributed by atoms with Gasteiger partial charge < -0.3 is 14.7 Å². The fourth-order valence-corrected chi connectivity index (χ4v) is 0. The van der Waals surface area contributed by atoms with Gasteiger partial charge in [0, 0.05) is 0 Å². The molecule has 0 fully saturated rings. The Kier molecular flexibility index (Phi) is 8.86. The highest BCUT2D eigenvalue weighted by Crippen LogP contribution is 2.11. The normalized spacial score (nSPS) is 7.20. The Morgan fingerprint density at radius 3 is 1.00 bits per heavy atom. The molecule has 0 aliphatic heterocycles. The molecular weight excluding hydrogens is 159 g/mol. The SMILES string of the molecule is Br.OP(O)O. The highest BCUT2D eigenvalue weighted by atomic mass is 79.9. The van der Waals surface area contributed by atoms with Crippen molar-refractivity contribution >= 4 is 25.6 Å². The van der Waals surface area contributed by atoms with Crippen molar-refractivity contribution in [2.75, 3.05) is 0 Å². The average Bonchev–Trinajstić information content (AvgIpc) is 0.811. The van der Waals surface area contributed by atoms with Crippen molar-refractivity contribution in [1.82, 2.24) is 0 Å². The van der Waals surface area contributed by atoms with Crippen LogP contribution in [0, 0.1) is 0 Å². The smallest absolute Gasteiger partial charge is 0.324 e. The zero-order chi connectivity index (χ0) is 3.58. The summed E-state index contributed by atoms with van der Waals surface area (Å²) in [6.07, 6.45) is 0. The van der Waals surface area contributed by atoms with Gasteiger partial charge in [-0.1, -0.05) is 0 Å². The molecule has 0 aliphatic rings. The molecule has 0 saturated heterocycles. The third-order valence-electron chi connectivity index (χ3n) is 0. The Bertz CT molecular complexity index is 11.6. The maximum atomic E-state index is 7.23. The van der Waals surface area contributed by atoms with Gasteiger partial charge in [-0.25, -0.2) is 0 Å². The third kappa shape index (κ3) is 59.7. The Labute approximate surface area is 41.0 Å². The second-order valence-corrected chi connectivity index (χ2v) is 0.805. The molecule has 0 aromatic heterocycles. The first kappa shape index (κ1) is 9.25. The van der Waals surface area contributed by atoms with Gasteiger partial charge in [-0.2, -0.15) is 0 Å². The van der Waals surface area contributed by atoms with Crippen molar-refractivity contribution in [3.63, 3.8) is 0 Å². The summed E-state index contributed by atoms with van der Waals surface area (Å²) >= 11 is 0. The second-order valence-electron chi connectivity index (χ2n) is 0.268. The molecule has 0 atom stereocenters. The van der Waals surface area contributed by atoms with E-state index in [1.165, 1.54) is 0 Å². The average molecular weight is 163 g/mol. The van der Waals surface area contributed by atoms with Gasteiger partial charge in [-0.05, 0) is 0 Å². The van der Waals surface area contributed by atoms with E-state index in [-0.39, 0.29) is 17.0 Å². The Hall–Kier alpha value is 0.790. The van der Waals surface area contributed by atoms with Crippen LogP contribution in [0.25, 0.3) is 0 Å². The molecule has 3 N–H and O–H groups in total. The van der Waals surface area contributed by atoms with Crippen LogP contribution in [0.4, 0.5) is 0 Å². The lowest BCUT2D eigenvalue weighted by molar-refractivity contribution is 0.368. The van der Waals surface area contributed by atoms with E-state index in [9.17, 15) is 0 Å². The first-order valence-electron chi connectivity index (χ1n) is 0.600. The molecule has 0 aromatic rings. The summed E-state index contributed by atoms with van der Waals surface area (Å²) in [5.74, 6) is 0. The first-order valence-corrected chi connectivity index (χ1v) is 1.80. The van der Waals surface area contributed by atoms with E-state index in [1.54, 1.807) is 0 Å². The van der Waals surface area contributed by atoms with E-state index in [0.29, 0.717) is 0 Å². The first-order chi connectivity index (χ1) is 1.73. The van der Waals surface area contributed by atoms with Crippen LogP contribution in [0.1, 0.15) is 0 Å². The molecule has 5 heteroatoms. The van der Waals surface area contributed by atoms with E-state index in [0.717, 1.165) is 0 Å². The highest BCUT2D eigenvalue weighted by Gasteiger charge is 1.76. The van der Waals surface area contributed by atoms with Crippen LogP contribution in [-0.2, 0) is 0 Å². The van der Waals surface area contributed by atoms with Crippen LogP contribution >= 0.6 is 25.6 Å². The number of halogens is 1. The topological polar surface area (TPSA) is 60.7 Å². The van der Waals surface area contributed by atoms with Crippen LogP contribution in [-0.4, -0.2) is 14.7 Å². The second kappa shape index (κ2) is 4.79. The van der Waals surface area contributed by atoms with Gasteiger partial charge in [0.25, 0.3) is 0 Å². The van der Waals surface area contributed by atoms with Gasteiger partial charge >= 0.3 is 8.60 Å². The van der Waals surface area contributed by atoms with E-state index >= 15 is 0 Å². The molecule has 0 rings (SSSR count). The highest BCUT2D eigenvalue weighted by molar-refractivity contribution is 8.93. The molecule has 0 aromatic carbocycles. The maximum Gasteiger partial charge on any atom is 0.324 e. The summed E-state index contributed by atoms with van der Waals surface area (Å²) in [6, 6.07) is 0. The maximum absolute atomic E-state index is 7.23. The lowest BCUT2D eigenvalue weighted by Crippen LogP contribution is -1.54. The molecule has 0 bridgehead atoms. The predicted molar refractivity (Wildman–Crippen MR) is 23.9 cm³/mol. The van der Waals surface area contributed by atoms with Gasteiger partial charge in [0.05, 0.1) is 0 Å². The van der Waals surface area contributed by atoms with Crippen LogP contribution in [0.2, 0.25) is 0 Å². The summed E-state index contributed by atoms with van der Waals surface area (Å²) in [4.78, 5) is 21.7. The monoisotopic (exact) mass is 162 g/mol. The van der Waals surface area contributed by atoms with Gasteiger partial charge in [0.15, 0.2) is 0 Å². The number of hydrogen-bond acceptors (Lipinski definition) is 3. The van der Waals surface area contributed by atoms with Crippen LogP contribution in [0.3, 0.4) is 0 Å². The number of hydrogen-bond donors (Lipinski definition) is 3. The molecule has 0 spiro atoms. The van der Waals surface area contributed by atoms with Crippen molar-refractivity contribution < 1.29 is 14.7 Å². The Morgan fingerprint density at radius 1 is 1.00 bits per heavy atom. The molecule has 34 valence electrons. The minimum absolute atomic E-state index is 0. The van der Waals surface area contributed by atoms with Gasteiger partial charge in [0.1, 0.15) is 0 Å².